The van der Waals surface area contributed by atoms with Gasteiger partial charge in [-0.2, -0.15) is 0 Å². The summed E-state index contributed by atoms with van der Waals surface area (Å²) in [6.07, 6.45) is 40.9. The van der Waals surface area contributed by atoms with Crippen molar-refractivity contribution in [3.63, 3.8) is 0 Å². The Hall–Kier alpha value is -5.18. The summed E-state index contributed by atoms with van der Waals surface area (Å²) >= 11 is 0. The monoisotopic (exact) mass is 783 g/mol. The van der Waals surface area contributed by atoms with Crippen LogP contribution in [0.2, 0.25) is 0 Å². The Bertz CT molecular complexity index is 2170. The average Bonchev–Trinajstić information content (AvgIpc) is 3.71. The molecule has 0 saturated heterocycles. The first-order chi connectivity index (χ1) is 27.6. The van der Waals surface area contributed by atoms with E-state index in [-0.39, 0.29) is 55.6 Å². The van der Waals surface area contributed by atoms with E-state index in [9.17, 15) is 9.59 Å². The number of hydrogen-bond donors (Lipinski definition) is 1. The Labute approximate surface area is 343 Å². The molecule has 1 aliphatic heterocycles. The van der Waals surface area contributed by atoms with Gasteiger partial charge < -0.3 is 29.4 Å². The van der Waals surface area contributed by atoms with Crippen molar-refractivity contribution in [2.45, 2.75) is 66.1 Å². The van der Waals surface area contributed by atoms with E-state index in [0.717, 1.165) is 33.8 Å². The fourth-order valence-electron chi connectivity index (χ4n) is 9.63. The van der Waals surface area contributed by atoms with E-state index < -0.39 is 28.0 Å². The van der Waals surface area contributed by atoms with Gasteiger partial charge in [-0.15, -0.1) is 0 Å². The third-order valence-corrected chi connectivity index (χ3v) is 13.1. The van der Waals surface area contributed by atoms with E-state index >= 15 is 0 Å². The van der Waals surface area contributed by atoms with Crippen LogP contribution in [0, 0.1) is 34.0 Å². The molecular formula is C50H57NO7. The van der Waals surface area contributed by atoms with Crippen molar-refractivity contribution in [1.29, 1.82) is 0 Å². The molecule has 6 aliphatic carbocycles. The summed E-state index contributed by atoms with van der Waals surface area (Å²) in [7, 11) is 0. The van der Waals surface area contributed by atoms with Gasteiger partial charge >= 0.3 is 11.9 Å². The van der Waals surface area contributed by atoms with Crippen molar-refractivity contribution in [2.24, 2.45) is 39.7 Å². The van der Waals surface area contributed by atoms with Gasteiger partial charge in [0.15, 0.2) is 0 Å². The number of esters is 2. The van der Waals surface area contributed by atoms with Gasteiger partial charge in [-0.05, 0) is 85.8 Å². The molecule has 304 valence electrons. The Balaban J connectivity index is 1.33. The maximum Gasteiger partial charge on any atom is 0.333 e. The summed E-state index contributed by atoms with van der Waals surface area (Å²) in [5.74, 6) is 0.529. The normalized spacial score (nSPS) is 32.3. The number of hydrogen-bond acceptors (Lipinski definition) is 8. The number of rotatable bonds is 14. The van der Waals surface area contributed by atoms with Gasteiger partial charge in [-0.3, -0.25) is 4.79 Å². The summed E-state index contributed by atoms with van der Waals surface area (Å²) in [4.78, 5) is 24.5. The summed E-state index contributed by atoms with van der Waals surface area (Å²) in [6, 6.07) is 0. The van der Waals surface area contributed by atoms with Crippen molar-refractivity contribution in [3.8, 4) is 0 Å². The first-order valence-corrected chi connectivity index (χ1v) is 20.4. The van der Waals surface area contributed by atoms with Crippen LogP contribution in [0.3, 0.4) is 0 Å². The highest BCUT2D eigenvalue weighted by atomic mass is 16.6. The molecule has 7 rings (SSSR count). The lowest BCUT2D eigenvalue weighted by molar-refractivity contribution is -0.150. The molecule has 0 aromatic rings. The molecule has 0 radical (unpaired) electrons. The first kappa shape index (κ1) is 41.0. The topological polar surface area (TPSA) is 106 Å². The van der Waals surface area contributed by atoms with E-state index in [4.69, 9.17) is 29.4 Å². The molecule has 1 spiro atoms. The summed E-state index contributed by atoms with van der Waals surface area (Å²) in [5, 5.41) is 0. The highest BCUT2D eigenvalue weighted by Crippen LogP contribution is 2.68. The molecule has 0 aromatic carbocycles. The Morgan fingerprint density at radius 3 is 2.45 bits per heavy atom. The Kier molecular flexibility index (Phi) is 11.0. The molecule has 6 unspecified atom stereocenters. The van der Waals surface area contributed by atoms with Gasteiger partial charge in [0.25, 0.3) is 0 Å². The van der Waals surface area contributed by atoms with E-state index in [2.05, 4.69) is 112 Å². The SMILES string of the molecule is C=C(C)C(=O)OCCOC12C=CC3C=CC4=C(C(/C=C/C=C(N)\C=C/C=C\C)C5=C6C=CC7(OCCOC(=O)C(C)C)C=CC(=CC=C5O4)C67C)C(C=C1)(C2)C3(C)C. The fourth-order valence-corrected chi connectivity index (χ4v) is 9.63. The highest BCUT2D eigenvalue weighted by Gasteiger charge is 2.63. The molecule has 0 amide bonds. The number of allylic oxidation sites excluding steroid dienone is 17. The third kappa shape index (κ3) is 6.74. The van der Waals surface area contributed by atoms with Crippen LogP contribution in [0.25, 0.3) is 0 Å². The standard InChI is InChI=1S/C50H57NO7/c1-9-10-11-13-37(51)14-12-15-38-42-39-22-25-50(57-31-29-55-45(53)34(4)5)24-21-36(47(39,50)8)17-18-40(42)58-41-19-16-35-20-23-48(56-30-28-54-44(52)33(2)3)26-27-49(32-48,43(38)41)46(35,6)7/h9-27,34-35,38H,2,28-32,51H2,1,3-8H3/b10-9-,13-11-,15-12+,37-14+. The molecule has 2 N–H and O–H groups in total. The lowest BCUT2D eigenvalue weighted by atomic mass is 9.53. The maximum absolute atomic E-state index is 12.3. The second-order valence-corrected chi connectivity index (χ2v) is 17.2. The largest absolute Gasteiger partial charge is 0.463 e. The minimum absolute atomic E-state index is 0.0620. The molecule has 3 bridgehead atoms. The second-order valence-electron chi connectivity index (χ2n) is 17.2. The van der Waals surface area contributed by atoms with Crippen molar-refractivity contribution in [3.05, 3.63) is 167 Å². The predicted octanol–water partition coefficient (Wildman–Crippen LogP) is 9.24. The van der Waals surface area contributed by atoms with Crippen molar-refractivity contribution < 1.29 is 33.3 Å². The van der Waals surface area contributed by atoms with Crippen LogP contribution < -0.4 is 5.73 Å². The molecule has 58 heavy (non-hydrogen) atoms. The molecule has 7 aliphatic rings. The van der Waals surface area contributed by atoms with Crippen LogP contribution in [-0.2, 0) is 33.3 Å². The molecule has 1 heterocycles. The van der Waals surface area contributed by atoms with Gasteiger partial charge in [0.2, 0.25) is 0 Å². The van der Waals surface area contributed by atoms with Gasteiger partial charge in [0.05, 0.1) is 24.5 Å². The molecule has 8 nitrogen and oxygen atoms in total. The van der Waals surface area contributed by atoms with Crippen molar-refractivity contribution in [2.75, 3.05) is 26.4 Å². The minimum Gasteiger partial charge on any atom is -0.463 e. The zero-order valence-corrected chi connectivity index (χ0v) is 34.9. The predicted molar refractivity (Wildman–Crippen MR) is 227 cm³/mol. The molecular weight excluding hydrogens is 727 g/mol. The van der Waals surface area contributed by atoms with Gasteiger partial charge in [0, 0.05) is 34.1 Å². The first-order valence-electron chi connectivity index (χ1n) is 20.4. The molecule has 8 heteroatoms. The zero-order valence-electron chi connectivity index (χ0n) is 34.9. The van der Waals surface area contributed by atoms with Crippen molar-refractivity contribution in [1.82, 2.24) is 0 Å². The number of ether oxygens (including phenoxy) is 5. The van der Waals surface area contributed by atoms with Gasteiger partial charge in [0.1, 0.15) is 35.9 Å². The summed E-state index contributed by atoms with van der Waals surface area (Å²) in [5.41, 5.74) is 8.93. The number of fused-ring (bicyclic) bond motifs is 3. The van der Waals surface area contributed by atoms with Crippen molar-refractivity contribution >= 4 is 11.9 Å². The van der Waals surface area contributed by atoms with E-state index in [1.165, 1.54) is 0 Å². The van der Waals surface area contributed by atoms with Crippen LogP contribution >= 0.6 is 0 Å². The molecule has 0 aromatic heterocycles. The van der Waals surface area contributed by atoms with E-state index in [1.54, 1.807) is 6.92 Å². The Morgan fingerprint density at radius 2 is 1.69 bits per heavy atom. The number of carbonyl (C=O) groups excluding carboxylic acids is 2. The van der Waals surface area contributed by atoms with Crippen LogP contribution in [0.4, 0.5) is 0 Å². The third-order valence-electron chi connectivity index (χ3n) is 13.1. The summed E-state index contributed by atoms with van der Waals surface area (Å²) < 4.78 is 31.5. The summed E-state index contributed by atoms with van der Waals surface area (Å²) in [6.45, 7) is 18.6. The smallest absolute Gasteiger partial charge is 0.333 e. The fraction of sp³-hybridized carbons (Fsp3) is 0.400. The zero-order chi connectivity index (χ0) is 41.5. The number of carbonyl (C=O) groups is 2. The number of nitrogens with two attached hydrogens (primary N) is 1. The van der Waals surface area contributed by atoms with E-state index in [1.807, 2.05) is 51.2 Å². The lowest BCUT2D eigenvalue weighted by Gasteiger charge is -2.51. The molecule has 6 atom stereocenters. The van der Waals surface area contributed by atoms with Crippen LogP contribution in [0.1, 0.15) is 54.9 Å². The van der Waals surface area contributed by atoms with E-state index in [0.29, 0.717) is 17.7 Å². The van der Waals surface area contributed by atoms with Gasteiger partial charge in [-0.1, -0.05) is 113 Å². The minimum atomic E-state index is -0.790. The Morgan fingerprint density at radius 1 is 0.931 bits per heavy atom. The molecule has 0 fully saturated rings. The van der Waals surface area contributed by atoms with Gasteiger partial charge in [-0.25, -0.2) is 4.79 Å². The van der Waals surface area contributed by atoms with Crippen LogP contribution in [0.5, 0.6) is 0 Å². The quantitative estimate of drug-likeness (QED) is 0.0612. The lowest BCUT2D eigenvalue weighted by Crippen LogP contribution is -2.46. The van der Waals surface area contributed by atoms with Crippen LogP contribution in [-0.4, -0.2) is 49.6 Å². The molecule has 0 saturated carbocycles. The van der Waals surface area contributed by atoms with Crippen LogP contribution in [0.15, 0.2) is 167 Å². The second kappa shape index (κ2) is 15.5. The average molecular weight is 784 g/mol. The maximum atomic E-state index is 12.3. The highest BCUT2D eigenvalue weighted by molar-refractivity contribution is 5.86.